The van der Waals surface area contributed by atoms with Crippen molar-refractivity contribution in [3.8, 4) is 0 Å². The van der Waals surface area contributed by atoms with Gasteiger partial charge in [0.2, 0.25) is 0 Å². The first-order valence-corrected chi connectivity index (χ1v) is 4.85. The lowest BCUT2D eigenvalue weighted by atomic mass is 10.2. The first-order chi connectivity index (χ1) is 7.36. The van der Waals surface area contributed by atoms with Crippen LogP contribution >= 0.6 is 0 Å². The highest BCUT2D eigenvalue weighted by Crippen LogP contribution is 2.07. The Balaban J connectivity index is 1.90. The minimum atomic E-state index is 0.205. The minimum Gasteiger partial charge on any atom is -0.302 e. The van der Waals surface area contributed by atoms with Crippen molar-refractivity contribution in [3.05, 3.63) is 42.2 Å². The molecule has 0 saturated carbocycles. The molecule has 0 radical (unpaired) electrons. The van der Waals surface area contributed by atoms with E-state index in [1.54, 1.807) is 6.20 Å². The van der Waals surface area contributed by atoms with E-state index in [0.717, 1.165) is 11.5 Å². The predicted molar refractivity (Wildman–Crippen MR) is 55.9 cm³/mol. The zero-order valence-electron chi connectivity index (χ0n) is 8.51. The fourth-order valence-electron chi connectivity index (χ4n) is 1.30. The molecule has 15 heavy (non-hydrogen) atoms. The molecule has 2 N–H and O–H groups in total. The second-order valence-corrected chi connectivity index (χ2v) is 3.29. The number of aromatic nitrogens is 4. The van der Waals surface area contributed by atoms with Gasteiger partial charge in [0.05, 0.1) is 12.2 Å². The molecule has 2 aromatic rings. The van der Waals surface area contributed by atoms with Crippen LogP contribution in [0, 0.1) is 0 Å². The number of pyridine rings is 1. The molecule has 0 aliphatic carbocycles. The number of hydrogen-bond acceptors (Lipinski definition) is 4. The largest absolute Gasteiger partial charge is 0.302 e. The average Bonchev–Trinajstić information content (AvgIpc) is 2.80. The molecule has 5 heteroatoms. The molecule has 0 saturated heterocycles. The SMILES string of the molecule is CC(NCc1ncn[nH]1)c1ccccn1. The Morgan fingerprint density at radius 1 is 1.40 bits per heavy atom. The van der Waals surface area contributed by atoms with Crippen molar-refractivity contribution in [2.75, 3.05) is 0 Å². The first-order valence-electron chi connectivity index (χ1n) is 4.85. The van der Waals surface area contributed by atoms with Gasteiger partial charge >= 0.3 is 0 Å². The predicted octanol–water partition coefficient (Wildman–Crippen LogP) is 1.05. The van der Waals surface area contributed by atoms with Gasteiger partial charge in [0.15, 0.2) is 0 Å². The van der Waals surface area contributed by atoms with Crippen molar-refractivity contribution in [2.45, 2.75) is 19.5 Å². The van der Waals surface area contributed by atoms with Gasteiger partial charge in [-0.15, -0.1) is 0 Å². The molecule has 5 nitrogen and oxygen atoms in total. The van der Waals surface area contributed by atoms with Crippen LogP contribution in [0.1, 0.15) is 24.5 Å². The van der Waals surface area contributed by atoms with Crippen LogP contribution in [0.2, 0.25) is 0 Å². The van der Waals surface area contributed by atoms with Gasteiger partial charge in [-0.25, -0.2) is 4.98 Å². The van der Waals surface area contributed by atoms with Gasteiger partial charge in [-0.3, -0.25) is 10.1 Å². The molecular formula is C10H13N5. The fraction of sp³-hybridized carbons (Fsp3) is 0.300. The van der Waals surface area contributed by atoms with Crippen LogP contribution in [-0.2, 0) is 6.54 Å². The van der Waals surface area contributed by atoms with Gasteiger partial charge < -0.3 is 5.32 Å². The van der Waals surface area contributed by atoms with E-state index >= 15 is 0 Å². The van der Waals surface area contributed by atoms with E-state index in [1.807, 2.05) is 18.2 Å². The van der Waals surface area contributed by atoms with Gasteiger partial charge in [0.1, 0.15) is 12.2 Å². The molecular weight excluding hydrogens is 190 g/mol. The van der Waals surface area contributed by atoms with Crippen molar-refractivity contribution in [2.24, 2.45) is 0 Å². The molecule has 1 atom stereocenters. The van der Waals surface area contributed by atoms with Crippen LogP contribution in [0.15, 0.2) is 30.7 Å². The van der Waals surface area contributed by atoms with Crippen LogP contribution in [0.3, 0.4) is 0 Å². The van der Waals surface area contributed by atoms with E-state index in [-0.39, 0.29) is 6.04 Å². The molecule has 0 fully saturated rings. The lowest BCUT2D eigenvalue weighted by Gasteiger charge is -2.11. The van der Waals surface area contributed by atoms with Crippen molar-refractivity contribution in [1.82, 2.24) is 25.5 Å². The lowest BCUT2D eigenvalue weighted by molar-refractivity contribution is 0.548. The molecule has 0 amide bonds. The number of hydrogen-bond donors (Lipinski definition) is 2. The number of nitrogens with zero attached hydrogens (tertiary/aromatic N) is 3. The third kappa shape index (κ3) is 2.60. The highest BCUT2D eigenvalue weighted by molar-refractivity contribution is 5.07. The standard InChI is InChI=1S/C10H13N5/c1-8(9-4-2-3-5-11-9)12-6-10-13-7-14-15-10/h2-5,7-8,12H,6H2,1H3,(H,13,14,15). The van der Waals surface area contributed by atoms with Crippen LogP contribution in [-0.4, -0.2) is 20.2 Å². The Hall–Kier alpha value is -1.75. The van der Waals surface area contributed by atoms with E-state index in [2.05, 4.69) is 32.4 Å². The highest BCUT2D eigenvalue weighted by atomic mass is 15.2. The molecule has 2 rings (SSSR count). The lowest BCUT2D eigenvalue weighted by Crippen LogP contribution is -2.19. The van der Waals surface area contributed by atoms with Gasteiger partial charge in [-0.05, 0) is 19.1 Å². The molecule has 0 aromatic carbocycles. The molecule has 2 heterocycles. The molecule has 0 aliphatic rings. The van der Waals surface area contributed by atoms with Crippen LogP contribution in [0.5, 0.6) is 0 Å². The van der Waals surface area contributed by atoms with Crippen molar-refractivity contribution in [1.29, 1.82) is 0 Å². The van der Waals surface area contributed by atoms with Crippen LogP contribution in [0.4, 0.5) is 0 Å². The maximum Gasteiger partial charge on any atom is 0.138 e. The number of aromatic amines is 1. The van der Waals surface area contributed by atoms with E-state index in [9.17, 15) is 0 Å². The molecule has 0 bridgehead atoms. The second kappa shape index (κ2) is 4.65. The summed E-state index contributed by atoms with van der Waals surface area (Å²) < 4.78 is 0. The summed E-state index contributed by atoms with van der Waals surface area (Å²) in [6.45, 7) is 2.73. The summed E-state index contributed by atoms with van der Waals surface area (Å²) in [4.78, 5) is 8.30. The van der Waals surface area contributed by atoms with Gasteiger partial charge in [0.25, 0.3) is 0 Å². The monoisotopic (exact) mass is 203 g/mol. The van der Waals surface area contributed by atoms with E-state index in [1.165, 1.54) is 6.33 Å². The summed E-state index contributed by atoms with van der Waals surface area (Å²) in [5.41, 5.74) is 1.03. The maximum atomic E-state index is 4.27. The average molecular weight is 203 g/mol. The summed E-state index contributed by atoms with van der Waals surface area (Å²) in [5, 5.41) is 9.89. The Morgan fingerprint density at radius 2 is 2.33 bits per heavy atom. The summed E-state index contributed by atoms with van der Waals surface area (Å²) in [5.74, 6) is 0.831. The Labute approximate surface area is 88.0 Å². The summed E-state index contributed by atoms with van der Waals surface area (Å²) in [6.07, 6.45) is 3.30. The maximum absolute atomic E-state index is 4.27. The second-order valence-electron chi connectivity index (χ2n) is 3.29. The molecule has 0 aliphatic heterocycles. The molecule has 78 valence electrons. The number of H-pyrrole nitrogens is 1. The number of nitrogens with one attached hydrogen (secondary N) is 2. The summed E-state index contributed by atoms with van der Waals surface area (Å²) in [7, 11) is 0. The third-order valence-electron chi connectivity index (χ3n) is 2.17. The summed E-state index contributed by atoms with van der Waals surface area (Å²) >= 11 is 0. The smallest absolute Gasteiger partial charge is 0.138 e. The minimum absolute atomic E-state index is 0.205. The molecule has 0 spiro atoms. The zero-order valence-corrected chi connectivity index (χ0v) is 8.51. The van der Waals surface area contributed by atoms with Crippen LogP contribution < -0.4 is 5.32 Å². The van der Waals surface area contributed by atoms with Gasteiger partial charge in [0, 0.05) is 12.2 Å². The van der Waals surface area contributed by atoms with Crippen molar-refractivity contribution in [3.63, 3.8) is 0 Å². The third-order valence-corrected chi connectivity index (χ3v) is 2.17. The Bertz CT molecular complexity index is 383. The van der Waals surface area contributed by atoms with Gasteiger partial charge in [-0.1, -0.05) is 6.07 Å². The van der Waals surface area contributed by atoms with E-state index in [4.69, 9.17) is 0 Å². The quantitative estimate of drug-likeness (QED) is 0.779. The van der Waals surface area contributed by atoms with E-state index < -0.39 is 0 Å². The normalized spacial score (nSPS) is 12.6. The summed E-state index contributed by atoms with van der Waals surface area (Å²) in [6, 6.07) is 6.09. The van der Waals surface area contributed by atoms with Crippen molar-refractivity contribution >= 4 is 0 Å². The Kier molecular flexibility index (Phi) is 3.04. The van der Waals surface area contributed by atoms with Gasteiger partial charge in [-0.2, -0.15) is 5.10 Å². The first kappa shape index (κ1) is 9.79. The Morgan fingerprint density at radius 3 is 3.00 bits per heavy atom. The van der Waals surface area contributed by atoms with Crippen molar-refractivity contribution < 1.29 is 0 Å². The molecule has 2 aromatic heterocycles. The zero-order chi connectivity index (χ0) is 10.5. The van der Waals surface area contributed by atoms with Crippen LogP contribution in [0.25, 0.3) is 0 Å². The number of rotatable bonds is 4. The fourth-order valence-corrected chi connectivity index (χ4v) is 1.30. The molecule has 1 unspecified atom stereocenters. The topological polar surface area (TPSA) is 66.5 Å². The van der Waals surface area contributed by atoms with E-state index in [0.29, 0.717) is 6.54 Å². The highest BCUT2D eigenvalue weighted by Gasteiger charge is 2.05.